The standard InChI is InChI=1S/2C12H18N4.3C12H16N4.C11H16N4/c1-7(2)10-11(8(3)4)14-12-9(13-10)6-16(5)15-12;1-7(2)10-11(8(3)4)15-12-9(14-10)6-13-16(12)5;1-7(2)10-11(8(3)4)16-12-9(15-10)5-13-6-14-12;1-7(2)9-10(8(3)4)16-12-11(15-9)13-5-6-14-12;1-7(2)10-11(8(3)4)15-12-9(14-10)5-6-13-16-12;1-7(2)9-5-10-13-12-6-15(10)14-11(9)8(3)4/h2*6-8H,1-5H3;3*5-8H,1-4H3;5-8H,1-4H3. The summed E-state index contributed by atoms with van der Waals surface area (Å²) >= 11 is 0. The average molecular weight is 1290 g/mol. The summed E-state index contributed by atoms with van der Waals surface area (Å²) in [7, 11) is 3.80. The van der Waals surface area contributed by atoms with E-state index < -0.39 is 0 Å². The van der Waals surface area contributed by atoms with Gasteiger partial charge in [0.1, 0.15) is 34.7 Å². The van der Waals surface area contributed by atoms with Crippen molar-refractivity contribution < 1.29 is 0 Å². The fraction of sp³-hybridized carbons (Fsp3) is 0.535. The summed E-state index contributed by atoms with van der Waals surface area (Å²) in [6.07, 6.45) is 13.5. The van der Waals surface area contributed by atoms with Crippen molar-refractivity contribution in [3.05, 3.63) is 130 Å². The zero-order valence-corrected chi connectivity index (χ0v) is 60.9. The largest absolute Gasteiger partial charge is 0.271 e. The minimum Gasteiger partial charge on any atom is -0.271 e. The van der Waals surface area contributed by atoms with E-state index >= 15 is 0 Å². The SMILES string of the molecule is CC(C)c1cc2nncn2nc1C(C)C.CC(C)c1nc2ccnnc2nc1C(C)C.CC(C)c1nc2cn(C)nc2nc1C(C)C.CC(C)c1nc2cncnc2nc1C(C)C.CC(C)c1nc2cnn(C)c2nc1C(C)C.CC(C)c1nc2nccnc2nc1C(C)C. The summed E-state index contributed by atoms with van der Waals surface area (Å²) < 4.78 is 5.28. The minimum absolute atomic E-state index is 0.358. The van der Waals surface area contributed by atoms with Crippen molar-refractivity contribution >= 4 is 61.6 Å². The zero-order chi connectivity index (χ0) is 69.9. The van der Waals surface area contributed by atoms with Gasteiger partial charge in [-0.15, -0.1) is 15.3 Å². The van der Waals surface area contributed by atoms with E-state index in [1.807, 2.05) is 26.4 Å². The van der Waals surface area contributed by atoms with Gasteiger partial charge in [-0.2, -0.15) is 20.4 Å². The van der Waals surface area contributed by atoms with Crippen LogP contribution in [0.25, 0.3) is 61.6 Å². The lowest BCUT2D eigenvalue weighted by molar-refractivity contribution is 0.715. The highest BCUT2D eigenvalue weighted by Gasteiger charge is 2.21. The second-order valence-corrected chi connectivity index (χ2v) is 27.6. The monoisotopic (exact) mass is 1290 g/mol. The van der Waals surface area contributed by atoms with E-state index in [2.05, 4.69) is 273 Å². The Balaban J connectivity index is 0.000000161. The highest BCUT2D eigenvalue weighted by Crippen LogP contribution is 2.30. The molecular formula is C71H100N24. The van der Waals surface area contributed by atoms with Crippen LogP contribution in [0.5, 0.6) is 0 Å². The van der Waals surface area contributed by atoms with Crippen molar-refractivity contribution in [1.82, 2.24) is 119 Å². The molecule has 0 amide bonds. The van der Waals surface area contributed by atoms with Crippen LogP contribution in [-0.4, -0.2) is 119 Å². The predicted molar refractivity (Wildman–Crippen MR) is 378 cm³/mol. The molecule has 24 heteroatoms. The van der Waals surface area contributed by atoms with E-state index in [4.69, 9.17) is 4.98 Å². The van der Waals surface area contributed by atoms with Crippen LogP contribution in [0.1, 0.15) is 305 Å². The first kappa shape index (κ1) is 73.3. The summed E-state index contributed by atoms with van der Waals surface area (Å²) in [5.41, 5.74) is 21.4. The van der Waals surface area contributed by atoms with Gasteiger partial charge in [0.15, 0.2) is 33.9 Å². The van der Waals surface area contributed by atoms with Crippen LogP contribution in [0.15, 0.2) is 62.0 Å². The number of rotatable bonds is 12. The minimum atomic E-state index is 0.358. The molecule has 12 heterocycles. The molecule has 0 atom stereocenters. The topological polar surface area (TPSA) is 285 Å². The van der Waals surface area contributed by atoms with Gasteiger partial charge in [0.05, 0.1) is 87.4 Å². The molecule has 12 aromatic rings. The molecule has 0 aliphatic heterocycles. The third-order valence-corrected chi connectivity index (χ3v) is 15.3. The van der Waals surface area contributed by atoms with Crippen molar-refractivity contribution in [2.75, 3.05) is 0 Å². The molecule has 0 bridgehead atoms. The molecule has 0 spiro atoms. The van der Waals surface area contributed by atoms with Crippen LogP contribution in [0.4, 0.5) is 0 Å². The highest BCUT2D eigenvalue weighted by atomic mass is 15.3. The predicted octanol–water partition coefficient (Wildman–Crippen LogP) is 15.6. The molecule has 95 heavy (non-hydrogen) atoms. The lowest BCUT2D eigenvalue weighted by Gasteiger charge is -2.14. The summed E-state index contributed by atoms with van der Waals surface area (Å²) in [5.74, 6) is 4.65. The Morgan fingerprint density at radius 2 is 0.758 bits per heavy atom. The molecular weight excluding hydrogens is 1190 g/mol. The normalized spacial score (nSPS) is 11.8. The van der Waals surface area contributed by atoms with E-state index in [0.29, 0.717) is 93.6 Å². The highest BCUT2D eigenvalue weighted by molar-refractivity contribution is 5.72. The number of nitrogens with zero attached hydrogens (tertiary/aromatic N) is 24. The van der Waals surface area contributed by atoms with Crippen molar-refractivity contribution in [3.63, 3.8) is 0 Å². The third kappa shape index (κ3) is 18.2. The molecule has 0 unspecified atom stereocenters. The van der Waals surface area contributed by atoms with Gasteiger partial charge in [0, 0.05) is 26.5 Å². The van der Waals surface area contributed by atoms with Gasteiger partial charge >= 0.3 is 0 Å². The lowest BCUT2D eigenvalue weighted by atomic mass is 9.96. The van der Waals surface area contributed by atoms with Crippen LogP contribution in [0, 0.1) is 0 Å². The van der Waals surface area contributed by atoms with Crippen LogP contribution < -0.4 is 0 Å². The fourth-order valence-electron chi connectivity index (χ4n) is 10.4. The Labute approximate surface area is 559 Å². The number of hydrogen-bond donors (Lipinski definition) is 0. The van der Waals surface area contributed by atoms with Crippen molar-refractivity contribution in [2.45, 2.75) is 237 Å². The molecule has 24 nitrogen and oxygen atoms in total. The molecule has 0 aliphatic carbocycles. The van der Waals surface area contributed by atoms with Crippen LogP contribution in [0.3, 0.4) is 0 Å². The van der Waals surface area contributed by atoms with Crippen molar-refractivity contribution in [2.24, 2.45) is 14.1 Å². The summed E-state index contributed by atoms with van der Waals surface area (Å²) in [6, 6.07) is 3.94. The van der Waals surface area contributed by atoms with Gasteiger partial charge in [-0.25, -0.2) is 79.0 Å². The van der Waals surface area contributed by atoms with E-state index in [1.54, 1.807) is 51.2 Å². The molecule has 0 fully saturated rings. The Kier molecular flexibility index (Phi) is 25.0. The molecule has 504 valence electrons. The Hall–Kier alpha value is -9.09. The fourth-order valence-corrected chi connectivity index (χ4v) is 10.4. The van der Waals surface area contributed by atoms with E-state index in [1.165, 1.54) is 11.9 Å². The van der Waals surface area contributed by atoms with Gasteiger partial charge in [0.2, 0.25) is 5.65 Å². The molecule has 12 rings (SSSR count). The molecule has 12 aromatic heterocycles. The van der Waals surface area contributed by atoms with Gasteiger partial charge in [-0.1, -0.05) is 166 Å². The Morgan fingerprint density at radius 3 is 1.24 bits per heavy atom. The Morgan fingerprint density at radius 1 is 0.337 bits per heavy atom. The van der Waals surface area contributed by atoms with Crippen LogP contribution >= 0.6 is 0 Å². The first-order valence-corrected chi connectivity index (χ1v) is 33.4. The van der Waals surface area contributed by atoms with Gasteiger partial charge in [-0.05, 0) is 88.7 Å². The molecule has 0 radical (unpaired) electrons. The second-order valence-electron chi connectivity index (χ2n) is 27.6. The Bertz CT molecular complexity index is 4000. The van der Waals surface area contributed by atoms with Crippen LogP contribution in [-0.2, 0) is 14.1 Å². The van der Waals surface area contributed by atoms with Crippen molar-refractivity contribution in [1.29, 1.82) is 0 Å². The maximum Gasteiger partial charge on any atom is 0.200 e. The van der Waals surface area contributed by atoms with E-state index in [0.717, 1.165) is 102 Å². The van der Waals surface area contributed by atoms with Crippen molar-refractivity contribution in [3.8, 4) is 0 Å². The first-order chi connectivity index (χ1) is 44.9. The second kappa shape index (κ2) is 32.4. The quantitative estimate of drug-likeness (QED) is 0.110. The van der Waals surface area contributed by atoms with E-state index in [-0.39, 0.29) is 0 Å². The number of aromatic nitrogens is 24. The zero-order valence-electron chi connectivity index (χ0n) is 60.9. The van der Waals surface area contributed by atoms with Crippen LogP contribution in [0.2, 0.25) is 0 Å². The maximum atomic E-state index is 4.69. The molecule has 0 aliphatic rings. The summed E-state index contributed by atoms with van der Waals surface area (Å²) in [6.45, 7) is 51.4. The molecule has 0 saturated carbocycles. The molecule has 0 saturated heterocycles. The van der Waals surface area contributed by atoms with Gasteiger partial charge in [-0.3, -0.25) is 4.68 Å². The summed E-state index contributed by atoms with van der Waals surface area (Å²) in [4.78, 5) is 62.7. The number of hydrogen-bond acceptors (Lipinski definition) is 21. The van der Waals surface area contributed by atoms with Gasteiger partial charge < -0.3 is 0 Å². The average Bonchev–Trinajstić information content (AvgIpc) is 1.82. The first-order valence-electron chi connectivity index (χ1n) is 33.4. The van der Waals surface area contributed by atoms with E-state index in [9.17, 15) is 0 Å². The number of aryl methyl sites for hydroxylation is 2. The lowest BCUT2D eigenvalue weighted by Crippen LogP contribution is -2.07. The smallest absolute Gasteiger partial charge is 0.200 e. The maximum absolute atomic E-state index is 4.69. The van der Waals surface area contributed by atoms with Gasteiger partial charge in [0.25, 0.3) is 0 Å². The number of fused-ring (bicyclic) bond motifs is 6. The molecule has 0 N–H and O–H groups in total. The molecule has 0 aromatic carbocycles. The third-order valence-electron chi connectivity index (χ3n) is 15.3. The summed E-state index contributed by atoms with van der Waals surface area (Å²) in [5, 5.41) is 28.7.